The van der Waals surface area contributed by atoms with E-state index in [9.17, 15) is 8.78 Å². The second kappa shape index (κ2) is 5.53. The van der Waals surface area contributed by atoms with Gasteiger partial charge in [-0.1, -0.05) is 12.1 Å². The summed E-state index contributed by atoms with van der Waals surface area (Å²) in [6, 6.07) is 9.46. The highest BCUT2D eigenvalue weighted by atomic mass is 35.5. The third-order valence-electron chi connectivity index (χ3n) is 3.43. The number of benzene rings is 2. The van der Waals surface area contributed by atoms with Gasteiger partial charge in [0, 0.05) is 11.6 Å². The lowest BCUT2D eigenvalue weighted by atomic mass is 10.0. The molecule has 0 aromatic heterocycles. The lowest BCUT2D eigenvalue weighted by molar-refractivity contribution is 0.0870. The maximum Gasteiger partial charge on any atom is 0.161 e. The molecule has 0 saturated carbocycles. The maximum atomic E-state index is 13.9. The summed E-state index contributed by atoms with van der Waals surface area (Å²) in [5.41, 5.74) is 0.553. The molecule has 2 aromatic rings. The van der Waals surface area contributed by atoms with Crippen molar-refractivity contribution in [2.75, 3.05) is 6.61 Å². The second-order valence-electron chi connectivity index (χ2n) is 4.94. The molecule has 1 aliphatic rings. The van der Waals surface area contributed by atoms with Crippen LogP contribution in [0.4, 0.5) is 8.78 Å². The molecule has 0 fully saturated rings. The predicted molar refractivity (Wildman–Crippen MR) is 76.0 cm³/mol. The minimum absolute atomic E-state index is 0.209. The van der Waals surface area contributed by atoms with Crippen molar-refractivity contribution in [1.82, 2.24) is 0 Å². The van der Waals surface area contributed by atoms with Gasteiger partial charge in [0.2, 0.25) is 0 Å². The van der Waals surface area contributed by atoms with E-state index in [2.05, 4.69) is 0 Å². The molecule has 2 aromatic carbocycles. The Hall–Kier alpha value is -1.81. The summed E-state index contributed by atoms with van der Waals surface area (Å²) in [6.07, 6.45) is -0.541. The Balaban J connectivity index is 1.87. The Bertz CT molecular complexity index is 675. The van der Waals surface area contributed by atoms with E-state index in [1.54, 1.807) is 19.1 Å². The fourth-order valence-corrected chi connectivity index (χ4v) is 2.56. The van der Waals surface area contributed by atoms with Crippen molar-refractivity contribution >= 4 is 11.6 Å². The summed E-state index contributed by atoms with van der Waals surface area (Å²) < 4.78 is 38.6. The van der Waals surface area contributed by atoms with Gasteiger partial charge in [-0.3, -0.25) is 0 Å². The standard InChI is InChI=1S/C16H13ClF2O2/c1-9-6-10(12(19)7-11(9)18)16(17)15-8-20-13-4-2-3-5-14(13)21-15/h2-7,15-16H,8H2,1H3. The van der Waals surface area contributed by atoms with Crippen molar-refractivity contribution in [3.63, 3.8) is 0 Å². The quantitative estimate of drug-likeness (QED) is 0.766. The predicted octanol–water partition coefficient (Wildman–Crippen LogP) is 4.39. The smallest absolute Gasteiger partial charge is 0.161 e. The van der Waals surface area contributed by atoms with Crippen LogP contribution in [-0.4, -0.2) is 12.7 Å². The zero-order valence-corrected chi connectivity index (χ0v) is 12.0. The third-order valence-corrected chi connectivity index (χ3v) is 3.95. The first-order valence-electron chi connectivity index (χ1n) is 6.54. The van der Waals surface area contributed by atoms with Crippen LogP contribution in [0.25, 0.3) is 0 Å². The molecule has 0 N–H and O–H groups in total. The van der Waals surface area contributed by atoms with Crippen molar-refractivity contribution in [2.24, 2.45) is 0 Å². The summed E-state index contributed by atoms with van der Waals surface area (Å²) in [5, 5.41) is -0.766. The van der Waals surface area contributed by atoms with Gasteiger partial charge in [-0.05, 0) is 30.7 Å². The SMILES string of the molecule is Cc1cc(C(Cl)C2COc3ccccc3O2)c(F)cc1F. The van der Waals surface area contributed by atoms with Crippen LogP contribution in [0.15, 0.2) is 36.4 Å². The van der Waals surface area contributed by atoms with Crippen molar-refractivity contribution in [1.29, 1.82) is 0 Å². The van der Waals surface area contributed by atoms with Crippen LogP contribution >= 0.6 is 11.6 Å². The van der Waals surface area contributed by atoms with E-state index in [1.165, 1.54) is 6.07 Å². The van der Waals surface area contributed by atoms with Crippen LogP contribution in [0.3, 0.4) is 0 Å². The molecule has 0 bridgehead atoms. The number of fused-ring (bicyclic) bond motifs is 1. The molecular formula is C16H13ClF2O2. The lowest BCUT2D eigenvalue weighted by Crippen LogP contribution is -2.33. The van der Waals surface area contributed by atoms with Gasteiger partial charge in [0.05, 0.1) is 0 Å². The first-order chi connectivity index (χ1) is 10.1. The zero-order valence-electron chi connectivity index (χ0n) is 11.3. The summed E-state index contributed by atoms with van der Waals surface area (Å²) in [6.45, 7) is 1.77. The van der Waals surface area contributed by atoms with E-state index in [1.807, 2.05) is 12.1 Å². The maximum absolute atomic E-state index is 13.9. The fraction of sp³-hybridized carbons (Fsp3) is 0.250. The summed E-state index contributed by atoms with van der Waals surface area (Å²) in [4.78, 5) is 0. The number of hydrogen-bond acceptors (Lipinski definition) is 2. The van der Waals surface area contributed by atoms with E-state index in [0.717, 1.165) is 6.07 Å². The topological polar surface area (TPSA) is 18.5 Å². The van der Waals surface area contributed by atoms with Crippen LogP contribution in [0.5, 0.6) is 11.5 Å². The molecule has 0 radical (unpaired) electrons. The van der Waals surface area contributed by atoms with Crippen molar-refractivity contribution < 1.29 is 18.3 Å². The average molecular weight is 311 g/mol. The normalized spacial score (nSPS) is 18.4. The molecular weight excluding hydrogens is 298 g/mol. The summed E-state index contributed by atoms with van der Waals surface area (Å²) in [5.74, 6) is -0.0705. The van der Waals surface area contributed by atoms with E-state index >= 15 is 0 Å². The lowest BCUT2D eigenvalue weighted by Gasteiger charge is -2.29. The molecule has 0 amide bonds. The van der Waals surface area contributed by atoms with Crippen LogP contribution in [-0.2, 0) is 0 Å². The number of aryl methyl sites for hydroxylation is 1. The van der Waals surface area contributed by atoms with Crippen LogP contribution in [0.2, 0.25) is 0 Å². The summed E-state index contributed by atoms with van der Waals surface area (Å²) >= 11 is 6.31. The van der Waals surface area contributed by atoms with Gasteiger partial charge < -0.3 is 9.47 Å². The Kier molecular flexibility index (Phi) is 3.72. The molecule has 0 saturated heterocycles. The van der Waals surface area contributed by atoms with Crippen molar-refractivity contribution in [2.45, 2.75) is 18.4 Å². The molecule has 2 nitrogen and oxygen atoms in total. The Morgan fingerprint density at radius 1 is 1.14 bits per heavy atom. The first kappa shape index (κ1) is 14.1. The van der Waals surface area contributed by atoms with Gasteiger partial charge in [0.1, 0.15) is 23.6 Å². The third kappa shape index (κ3) is 2.68. The van der Waals surface area contributed by atoms with Crippen LogP contribution in [0, 0.1) is 18.6 Å². The fourth-order valence-electron chi connectivity index (χ4n) is 2.27. The molecule has 1 aliphatic heterocycles. The Labute approximate surface area is 126 Å². The van der Waals surface area contributed by atoms with E-state index < -0.39 is 23.1 Å². The molecule has 1 heterocycles. The molecule has 0 aliphatic carbocycles. The molecule has 0 spiro atoms. The minimum Gasteiger partial charge on any atom is -0.486 e. The van der Waals surface area contributed by atoms with Crippen molar-refractivity contribution in [3.05, 3.63) is 59.2 Å². The molecule has 2 atom stereocenters. The van der Waals surface area contributed by atoms with Crippen LogP contribution in [0.1, 0.15) is 16.5 Å². The van der Waals surface area contributed by atoms with Crippen molar-refractivity contribution in [3.8, 4) is 11.5 Å². The molecule has 110 valence electrons. The second-order valence-corrected chi connectivity index (χ2v) is 5.41. The first-order valence-corrected chi connectivity index (χ1v) is 6.98. The number of alkyl halides is 1. The Morgan fingerprint density at radius 3 is 2.62 bits per heavy atom. The largest absolute Gasteiger partial charge is 0.486 e. The Morgan fingerprint density at radius 2 is 1.86 bits per heavy atom. The number of rotatable bonds is 2. The highest BCUT2D eigenvalue weighted by Crippen LogP contribution is 2.37. The van der Waals surface area contributed by atoms with Gasteiger partial charge in [-0.15, -0.1) is 11.6 Å². The molecule has 5 heteroatoms. The van der Waals surface area contributed by atoms with E-state index in [4.69, 9.17) is 21.1 Å². The van der Waals surface area contributed by atoms with Gasteiger partial charge in [-0.2, -0.15) is 0 Å². The van der Waals surface area contributed by atoms with Gasteiger partial charge >= 0.3 is 0 Å². The van der Waals surface area contributed by atoms with Crippen LogP contribution < -0.4 is 9.47 Å². The van der Waals surface area contributed by atoms with E-state index in [0.29, 0.717) is 17.1 Å². The van der Waals surface area contributed by atoms with E-state index in [-0.39, 0.29) is 12.2 Å². The molecule has 3 rings (SSSR count). The van der Waals surface area contributed by atoms with Gasteiger partial charge in [0.15, 0.2) is 17.6 Å². The monoisotopic (exact) mass is 310 g/mol. The number of halogens is 3. The minimum atomic E-state index is -0.766. The van der Waals surface area contributed by atoms with Gasteiger partial charge in [-0.25, -0.2) is 8.78 Å². The molecule has 21 heavy (non-hydrogen) atoms. The highest BCUT2D eigenvalue weighted by molar-refractivity contribution is 6.21. The molecule has 2 unspecified atom stereocenters. The number of ether oxygens (including phenoxy) is 2. The number of para-hydroxylation sites is 2. The summed E-state index contributed by atoms with van der Waals surface area (Å²) in [7, 11) is 0. The van der Waals surface area contributed by atoms with Gasteiger partial charge in [0.25, 0.3) is 0 Å². The zero-order chi connectivity index (χ0) is 15.0. The number of hydrogen-bond donors (Lipinski definition) is 0. The highest BCUT2D eigenvalue weighted by Gasteiger charge is 2.30. The average Bonchev–Trinajstić information content (AvgIpc) is 2.50.